The lowest BCUT2D eigenvalue weighted by Gasteiger charge is -2.25. The fourth-order valence-corrected chi connectivity index (χ4v) is 6.12. The number of methoxy groups -OCH3 is 1. The number of para-hydroxylation sites is 1. The van der Waals surface area contributed by atoms with Gasteiger partial charge in [-0.15, -0.1) is 0 Å². The Morgan fingerprint density at radius 1 is 1.03 bits per heavy atom. The minimum atomic E-state index is -0.772. The molecule has 9 heteroatoms. The Kier molecular flexibility index (Phi) is 6.56. The lowest BCUT2D eigenvalue weighted by Crippen LogP contribution is -2.41. The summed E-state index contributed by atoms with van der Waals surface area (Å²) in [6.45, 7) is 9.18. The first-order valence-electron chi connectivity index (χ1n) is 12.5. The number of rotatable bonds is 5. The van der Waals surface area contributed by atoms with Gasteiger partial charge in [0, 0.05) is 11.6 Å². The summed E-state index contributed by atoms with van der Waals surface area (Å²) >= 11 is 1.17. The second-order valence-corrected chi connectivity index (χ2v) is 10.8. The molecule has 0 radical (unpaired) electrons. The van der Waals surface area contributed by atoms with Crippen LogP contribution in [-0.4, -0.2) is 35.7 Å². The number of aromatic nitrogens is 1. The molecule has 0 bridgehead atoms. The van der Waals surface area contributed by atoms with Crippen LogP contribution >= 0.6 is 11.3 Å². The number of hydrogen-bond donors (Lipinski definition) is 0. The van der Waals surface area contributed by atoms with Gasteiger partial charge in [-0.1, -0.05) is 41.7 Å². The van der Waals surface area contributed by atoms with Crippen LogP contribution in [0.4, 0.5) is 5.69 Å². The van der Waals surface area contributed by atoms with Crippen LogP contribution in [0.15, 0.2) is 69.6 Å². The number of benzene rings is 2. The number of hydrogen-bond acceptors (Lipinski definition) is 7. The highest BCUT2D eigenvalue weighted by atomic mass is 32.1. The lowest BCUT2D eigenvalue weighted by molar-refractivity contribution is -0.143. The molecule has 0 saturated heterocycles. The molecule has 38 heavy (non-hydrogen) atoms. The van der Waals surface area contributed by atoms with Crippen LogP contribution in [0, 0.1) is 0 Å². The topological polar surface area (TPSA) is 90.2 Å². The highest BCUT2D eigenvalue weighted by Crippen LogP contribution is 2.37. The first kappa shape index (κ1) is 25.7. The van der Waals surface area contributed by atoms with E-state index < -0.39 is 12.0 Å². The van der Waals surface area contributed by atoms with Gasteiger partial charge in [-0.05, 0) is 58.4 Å². The summed E-state index contributed by atoms with van der Waals surface area (Å²) in [7, 11) is 1.58. The number of esters is 1. The molecule has 5 rings (SSSR count). The second-order valence-electron chi connectivity index (χ2n) is 9.79. The van der Waals surface area contributed by atoms with Gasteiger partial charge < -0.3 is 14.4 Å². The van der Waals surface area contributed by atoms with Gasteiger partial charge >= 0.3 is 5.97 Å². The Morgan fingerprint density at radius 3 is 2.34 bits per heavy atom. The highest BCUT2D eigenvalue weighted by molar-refractivity contribution is 7.07. The van der Waals surface area contributed by atoms with Gasteiger partial charge in [0.05, 0.1) is 41.8 Å². The van der Waals surface area contributed by atoms with E-state index in [0.29, 0.717) is 37.5 Å². The number of thiazole rings is 1. The molecule has 0 aliphatic carbocycles. The third-order valence-corrected chi connectivity index (χ3v) is 7.65. The van der Waals surface area contributed by atoms with Gasteiger partial charge in [0.25, 0.3) is 11.5 Å². The van der Waals surface area contributed by atoms with Crippen molar-refractivity contribution in [1.82, 2.24) is 4.57 Å². The summed E-state index contributed by atoms with van der Waals surface area (Å²) in [5.41, 5.74) is 2.94. The van der Waals surface area contributed by atoms with Gasteiger partial charge in [0.2, 0.25) is 0 Å². The Balaban J connectivity index is 1.80. The molecule has 3 heterocycles. The number of carbonyl (C=O) groups is 2. The summed E-state index contributed by atoms with van der Waals surface area (Å²) in [5.74, 6) is -0.103. The number of ether oxygens (including phenoxy) is 2. The Labute approximate surface area is 224 Å². The predicted octanol–water partition coefficient (Wildman–Crippen LogP) is 3.32. The van der Waals surface area contributed by atoms with Crippen LogP contribution in [0.5, 0.6) is 5.75 Å². The van der Waals surface area contributed by atoms with Crippen molar-refractivity contribution in [2.45, 2.75) is 52.8 Å². The fraction of sp³-hybridized carbons (Fsp3) is 0.310. The molecule has 0 spiro atoms. The molecule has 2 aliphatic rings. The quantitative estimate of drug-likeness (QED) is 0.471. The van der Waals surface area contributed by atoms with E-state index in [1.807, 2.05) is 50.2 Å². The van der Waals surface area contributed by atoms with Crippen molar-refractivity contribution in [1.29, 1.82) is 0 Å². The molecule has 8 nitrogen and oxygen atoms in total. The minimum absolute atomic E-state index is 0.0865. The van der Waals surface area contributed by atoms with Gasteiger partial charge in [0.1, 0.15) is 10.3 Å². The third kappa shape index (κ3) is 4.07. The average Bonchev–Trinajstić information content (AvgIpc) is 3.35. The largest absolute Gasteiger partial charge is 0.497 e. The molecule has 1 aromatic heterocycles. The molecule has 0 fully saturated rings. The van der Waals surface area contributed by atoms with Crippen LogP contribution in [0.1, 0.15) is 51.8 Å². The van der Waals surface area contributed by atoms with Gasteiger partial charge in [-0.2, -0.15) is 0 Å². The maximum absolute atomic E-state index is 14.2. The maximum Gasteiger partial charge on any atom is 0.338 e. The van der Waals surface area contributed by atoms with Crippen molar-refractivity contribution in [3.63, 3.8) is 0 Å². The second kappa shape index (κ2) is 9.72. The third-order valence-electron chi connectivity index (χ3n) is 6.60. The molecule has 3 aromatic rings. The monoisotopic (exact) mass is 531 g/mol. The molecule has 2 aromatic carbocycles. The smallest absolute Gasteiger partial charge is 0.338 e. The molecular formula is C29H29N3O5S. The molecule has 196 valence electrons. The van der Waals surface area contributed by atoms with E-state index in [4.69, 9.17) is 9.47 Å². The Morgan fingerprint density at radius 2 is 1.71 bits per heavy atom. The molecule has 1 amide bonds. The van der Waals surface area contributed by atoms with Crippen molar-refractivity contribution >= 4 is 34.5 Å². The minimum Gasteiger partial charge on any atom is -0.497 e. The summed E-state index contributed by atoms with van der Waals surface area (Å²) in [6, 6.07) is 13.8. The number of anilines is 1. The first-order valence-corrected chi connectivity index (χ1v) is 13.3. The summed E-state index contributed by atoms with van der Waals surface area (Å²) in [4.78, 5) is 47.9. The van der Waals surface area contributed by atoms with E-state index in [0.717, 1.165) is 5.69 Å². The summed E-state index contributed by atoms with van der Waals surface area (Å²) in [5, 5.41) is 0. The molecule has 0 N–H and O–H groups in total. The molecule has 0 saturated carbocycles. The normalized spacial score (nSPS) is 18.1. The van der Waals surface area contributed by atoms with E-state index >= 15 is 0 Å². The zero-order chi connectivity index (χ0) is 27.3. The van der Waals surface area contributed by atoms with E-state index in [9.17, 15) is 14.4 Å². The van der Waals surface area contributed by atoms with Crippen molar-refractivity contribution in [3.05, 3.63) is 90.6 Å². The highest BCUT2D eigenvalue weighted by Gasteiger charge is 2.38. The zero-order valence-corrected chi connectivity index (χ0v) is 23.0. The Bertz CT molecular complexity index is 1660. The van der Waals surface area contributed by atoms with Crippen LogP contribution in [0.3, 0.4) is 0 Å². The average molecular weight is 532 g/mol. The number of amides is 1. The van der Waals surface area contributed by atoms with Crippen LogP contribution in [0.2, 0.25) is 0 Å². The van der Waals surface area contributed by atoms with Gasteiger partial charge in [0.15, 0.2) is 4.80 Å². The SMILES string of the molecule is COc1ccc([C@@H]2C(C(=O)OC(C)C)=C(C)N=c3s/c(=C4/C(=O)N(C(C)C)c5ccccc54)c(=O)n32)cc1. The fourth-order valence-electron chi connectivity index (χ4n) is 4.98. The van der Waals surface area contributed by atoms with Gasteiger partial charge in [-0.3, -0.25) is 14.2 Å². The van der Waals surface area contributed by atoms with Gasteiger partial charge in [-0.25, -0.2) is 9.79 Å². The predicted molar refractivity (Wildman–Crippen MR) is 146 cm³/mol. The zero-order valence-electron chi connectivity index (χ0n) is 22.1. The summed E-state index contributed by atoms with van der Waals surface area (Å²) in [6.07, 6.45) is -0.347. The van der Waals surface area contributed by atoms with Crippen molar-refractivity contribution < 1.29 is 19.1 Å². The Hall–Kier alpha value is -3.98. The van der Waals surface area contributed by atoms with Crippen molar-refractivity contribution in [2.24, 2.45) is 4.99 Å². The summed E-state index contributed by atoms with van der Waals surface area (Å²) < 4.78 is 12.7. The molecular weight excluding hydrogens is 502 g/mol. The van der Waals surface area contributed by atoms with E-state index in [2.05, 4.69) is 4.99 Å². The lowest BCUT2D eigenvalue weighted by atomic mass is 9.95. The van der Waals surface area contributed by atoms with Crippen LogP contribution in [-0.2, 0) is 14.3 Å². The first-order chi connectivity index (χ1) is 18.1. The molecule has 2 aliphatic heterocycles. The number of nitrogens with zero attached hydrogens (tertiary/aromatic N) is 3. The molecule has 0 unspecified atom stereocenters. The number of fused-ring (bicyclic) bond motifs is 2. The van der Waals surface area contributed by atoms with Crippen LogP contribution in [0.25, 0.3) is 5.57 Å². The van der Waals surface area contributed by atoms with E-state index in [-0.39, 0.29) is 29.2 Å². The van der Waals surface area contributed by atoms with E-state index in [1.165, 1.54) is 15.9 Å². The van der Waals surface area contributed by atoms with Crippen molar-refractivity contribution in [2.75, 3.05) is 12.0 Å². The number of allylic oxidation sites excluding steroid dienone is 1. The van der Waals surface area contributed by atoms with Crippen molar-refractivity contribution in [3.8, 4) is 5.75 Å². The standard InChI is InChI=1S/C29H29N3O5S/c1-15(2)31-21-10-8-7-9-20(21)23(26(31)33)25-27(34)32-24(18-11-13-19(36-6)14-12-18)22(28(35)37-16(3)4)17(5)30-29(32)38-25/h7-16,24H,1-6H3/b25-23+/t24-/m1/s1. The molecule has 1 atom stereocenters. The number of carbonyl (C=O) groups excluding carboxylic acids is 2. The van der Waals surface area contributed by atoms with E-state index in [1.54, 1.807) is 44.9 Å². The maximum atomic E-state index is 14.2. The van der Waals surface area contributed by atoms with Crippen LogP contribution < -0.4 is 24.5 Å².